The molecule has 0 fully saturated rings. The van der Waals surface area contributed by atoms with Gasteiger partial charge in [0.25, 0.3) is 0 Å². The van der Waals surface area contributed by atoms with Crippen LogP contribution < -0.4 is 4.74 Å². The second-order valence-electron chi connectivity index (χ2n) is 2.77. The lowest BCUT2D eigenvalue weighted by molar-refractivity contribution is 0.0691. The number of aromatic carboxylic acids is 1. The molecule has 1 N–H and O–H groups in total. The molecule has 2 aromatic heterocycles. The van der Waals surface area contributed by atoms with Gasteiger partial charge in [-0.3, -0.25) is 0 Å². The molecule has 5 heteroatoms. The number of carboxylic acids is 1. The van der Waals surface area contributed by atoms with E-state index in [9.17, 15) is 4.79 Å². The highest BCUT2D eigenvalue weighted by atomic mass is 16.5. The second-order valence-corrected chi connectivity index (χ2v) is 2.77. The molecular formula is C9H8N2O3. The smallest absolute Gasteiger partial charge is 0.356 e. The van der Waals surface area contributed by atoms with E-state index in [1.807, 2.05) is 0 Å². The van der Waals surface area contributed by atoms with Crippen molar-refractivity contribution < 1.29 is 14.6 Å². The number of methoxy groups -OCH3 is 1. The van der Waals surface area contributed by atoms with Gasteiger partial charge < -0.3 is 14.2 Å². The number of nitrogens with zero attached hydrogens (tertiary/aromatic N) is 2. The summed E-state index contributed by atoms with van der Waals surface area (Å²) in [7, 11) is 1.55. The van der Waals surface area contributed by atoms with Gasteiger partial charge in [-0.2, -0.15) is 0 Å². The first kappa shape index (κ1) is 8.55. The predicted molar refractivity (Wildman–Crippen MR) is 48.7 cm³/mol. The maximum atomic E-state index is 10.6. The zero-order valence-corrected chi connectivity index (χ0v) is 7.47. The number of carbonyl (C=O) groups is 1. The molecular weight excluding hydrogens is 184 g/mol. The van der Waals surface area contributed by atoms with Crippen molar-refractivity contribution in [3.05, 3.63) is 30.2 Å². The van der Waals surface area contributed by atoms with Crippen LogP contribution in [0.5, 0.6) is 5.75 Å². The van der Waals surface area contributed by atoms with Crippen molar-refractivity contribution in [3.63, 3.8) is 0 Å². The van der Waals surface area contributed by atoms with E-state index >= 15 is 0 Å². The molecule has 14 heavy (non-hydrogen) atoms. The molecule has 0 spiro atoms. The van der Waals surface area contributed by atoms with Crippen LogP contribution in [-0.2, 0) is 0 Å². The predicted octanol–water partition coefficient (Wildman–Crippen LogP) is 1.04. The molecule has 0 bridgehead atoms. The van der Waals surface area contributed by atoms with Crippen LogP contribution in [0.2, 0.25) is 0 Å². The van der Waals surface area contributed by atoms with E-state index < -0.39 is 5.97 Å². The number of imidazole rings is 1. The van der Waals surface area contributed by atoms with E-state index in [1.165, 1.54) is 6.20 Å². The van der Waals surface area contributed by atoms with Crippen LogP contribution in [0.25, 0.3) is 5.65 Å². The molecule has 0 aliphatic rings. The second kappa shape index (κ2) is 3.02. The summed E-state index contributed by atoms with van der Waals surface area (Å²) in [6, 6.07) is 3.43. The Kier molecular flexibility index (Phi) is 1.85. The standard InChI is InChI=1S/C9H8N2O3/c1-14-6-2-3-8-10-7(9(12)13)5-11(8)4-6/h2-5H,1H3,(H,12,13). The third-order valence-electron chi connectivity index (χ3n) is 1.88. The van der Waals surface area contributed by atoms with Crippen molar-refractivity contribution >= 4 is 11.6 Å². The van der Waals surface area contributed by atoms with E-state index in [2.05, 4.69) is 4.98 Å². The Hall–Kier alpha value is -2.04. The molecule has 0 aliphatic carbocycles. The summed E-state index contributed by atoms with van der Waals surface area (Å²) >= 11 is 0. The van der Waals surface area contributed by atoms with Crippen LogP contribution in [0.15, 0.2) is 24.5 Å². The van der Waals surface area contributed by atoms with E-state index in [4.69, 9.17) is 9.84 Å². The first-order valence-corrected chi connectivity index (χ1v) is 3.97. The van der Waals surface area contributed by atoms with E-state index in [0.29, 0.717) is 11.4 Å². The van der Waals surface area contributed by atoms with Crippen molar-refractivity contribution in [2.75, 3.05) is 7.11 Å². The molecule has 0 saturated carbocycles. The number of ether oxygens (including phenoxy) is 1. The lowest BCUT2D eigenvalue weighted by Crippen LogP contribution is -1.94. The molecule has 0 radical (unpaired) electrons. The highest BCUT2D eigenvalue weighted by molar-refractivity contribution is 5.86. The minimum Gasteiger partial charge on any atom is -0.495 e. The van der Waals surface area contributed by atoms with Gasteiger partial charge in [-0.1, -0.05) is 0 Å². The Labute approximate surface area is 79.6 Å². The van der Waals surface area contributed by atoms with Crippen LogP contribution in [0.1, 0.15) is 10.5 Å². The molecule has 0 atom stereocenters. The molecule has 0 unspecified atom stereocenters. The molecule has 2 heterocycles. The Balaban J connectivity index is 2.60. The van der Waals surface area contributed by atoms with Gasteiger partial charge in [-0.15, -0.1) is 0 Å². The normalized spacial score (nSPS) is 10.4. The molecule has 2 aromatic rings. The average Bonchev–Trinajstić information content (AvgIpc) is 2.59. The number of hydrogen-bond donors (Lipinski definition) is 1. The van der Waals surface area contributed by atoms with Crippen molar-refractivity contribution in [3.8, 4) is 5.75 Å². The Bertz CT molecular complexity index is 490. The molecule has 0 amide bonds. The third-order valence-corrected chi connectivity index (χ3v) is 1.88. The van der Waals surface area contributed by atoms with Crippen molar-refractivity contribution in [2.24, 2.45) is 0 Å². The summed E-state index contributed by atoms with van der Waals surface area (Å²) < 4.78 is 6.61. The first-order valence-electron chi connectivity index (χ1n) is 3.97. The summed E-state index contributed by atoms with van der Waals surface area (Å²) in [6.07, 6.45) is 3.12. The maximum Gasteiger partial charge on any atom is 0.356 e. The van der Waals surface area contributed by atoms with Crippen molar-refractivity contribution in [1.82, 2.24) is 9.38 Å². The quantitative estimate of drug-likeness (QED) is 0.772. The fraction of sp³-hybridized carbons (Fsp3) is 0.111. The molecule has 72 valence electrons. The number of aromatic nitrogens is 2. The van der Waals surface area contributed by atoms with Crippen molar-refractivity contribution in [1.29, 1.82) is 0 Å². The molecule has 0 aromatic carbocycles. The fourth-order valence-corrected chi connectivity index (χ4v) is 1.20. The minimum absolute atomic E-state index is 0.0262. The Morgan fingerprint density at radius 3 is 2.93 bits per heavy atom. The van der Waals surface area contributed by atoms with Gasteiger partial charge in [0.05, 0.1) is 13.3 Å². The zero-order chi connectivity index (χ0) is 10.1. The fourth-order valence-electron chi connectivity index (χ4n) is 1.20. The van der Waals surface area contributed by atoms with Gasteiger partial charge in [-0.25, -0.2) is 9.78 Å². The zero-order valence-electron chi connectivity index (χ0n) is 7.47. The Morgan fingerprint density at radius 2 is 2.29 bits per heavy atom. The number of carboxylic acid groups (broad SMARTS) is 1. The molecule has 5 nitrogen and oxygen atoms in total. The molecule has 2 rings (SSSR count). The summed E-state index contributed by atoms with van der Waals surface area (Å²) in [5.41, 5.74) is 0.612. The van der Waals surface area contributed by atoms with Crippen LogP contribution in [-0.4, -0.2) is 27.6 Å². The van der Waals surface area contributed by atoms with E-state index in [-0.39, 0.29) is 5.69 Å². The number of pyridine rings is 1. The van der Waals surface area contributed by atoms with Gasteiger partial charge in [0, 0.05) is 6.20 Å². The van der Waals surface area contributed by atoms with Crippen LogP contribution in [0.4, 0.5) is 0 Å². The van der Waals surface area contributed by atoms with Gasteiger partial charge in [0.2, 0.25) is 0 Å². The van der Waals surface area contributed by atoms with Crippen LogP contribution in [0.3, 0.4) is 0 Å². The van der Waals surface area contributed by atoms with Crippen molar-refractivity contribution in [2.45, 2.75) is 0 Å². The topological polar surface area (TPSA) is 63.8 Å². The highest BCUT2D eigenvalue weighted by Crippen LogP contribution is 2.12. The van der Waals surface area contributed by atoms with E-state index in [1.54, 1.807) is 29.8 Å². The SMILES string of the molecule is COc1ccc2nc(C(=O)O)cn2c1. The summed E-state index contributed by atoms with van der Waals surface area (Å²) in [6.45, 7) is 0. The van der Waals surface area contributed by atoms with Crippen LogP contribution >= 0.6 is 0 Å². The largest absolute Gasteiger partial charge is 0.495 e. The van der Waals surface area contributed by atoms with E-state index in [0.717, 1.165) is 0 Å². The highest BCUT2D eigenvalue weighted by Gasteiger charge is 2.08. The lowest BCUT2D eigenvalue weighted by atomic mass is 10.4. The summed E-state index contributed by atoms with van der Waals surface area (Å²) in [5.74, 6) is -0.375. The number of hydrogen-bond acceptors (Lipinski definition) is 3. The first-order chi connectivity index (χ1) is 6.70. The minimum atomic E-state index is -1.03. The molecule has 0 aliphatic heterocycles. The Morgan fingerprint density at radius 1 is 1.50 bits per heavy atom. The van der Waals surface area contributed by atoms with Gasteiger partial charge in [0.15, 0.2) is 5.69 Å². The third kappa shape index (κ3) is 1.28. The van der Waals surface area contributed by atoms with Gasteiger partial charge >= 0.3 is 5.97 Å². The number of fused-ring (bicyclic) bond motifs is 1. The maximum absolute atomic E-state index is 10.6. The van der Waals surface area contributed by atoms with Gasteiger partial charge in [0.1, 0.15) is 11.4 Å². The number of rotatable bonds is 2. The molecule has 0 saturated heterocycles. The summed E-state index contributed by atoms with van der Waals surface area (Å²) in [5, 5.41) is 8.71. The van der Waals surface area contributed by atoms with Crippen LogP contribution in [0, 0.1) is 0 Å². The average molecular weight is 192 g/mol. The lowest BCUT2D eigenvalue weighted by Gasteiger charge is -1.98. The monoisotopic (exact) mass is 192 g/mol. The summed E-state index contributed by atoms with van der Waals surface area (Å²) in [4.78, 5) is 14.5. The van der Waals surface area contributed by atoms with Gasteiger partial charge in [-0.05, 0) is 12.1 Å².